The van der Waals surface area contributed by atoms with E-state index in [1.54, 1.807) is 11.3 Å². The summed E-state index contributed by atoms with van der Waals surface area (Å²) in [6.45, 7) is 2.82. The minimum Gasteiger partial charge on any atom is -0.493 e. The van der Waals surface area contributed by atoms with Crippen LogP contribution in [-0.4, -0.2) is 6.61 Å². The number of halogens is 1. The zero-order valence-electron chi connectivity index (χ0n) is 10.2. The van der Waals surface area contributed by atoms with Gasteiger partial charge in [-0.3, -0.25) is 0 Å². The van der Waals surface area contributed by atoms with Gasteiger partial charge in [0.2, 0.25) is 0 Å². The van der Waals surface area contributed by atoms with Gasteiger partial charge in [-0.1, -0.05) is 25.1 Å². The second kappa shape index (κ2) is 6.36. The predicted molar refractivity (Wildman–Crippen MR) is 80.3 cm³/mol. The number of ether oxygens (including phenoxy) is 1. The summed E-state index contributed by atoms with van der Waals surface area (Å²) in [5.41, 5.74) is 7.35. The molecule has 96 valence electrons. The zero-order valence-corrected chi connectivity index (χ0v) is 12.6. The molecule has 0 saturated heterocycles. The van der Waals surface area contributed by atoms with Crippen molar-refractivity contribution in [3.8, 4) is 5.75 Å². The molecule has 1 atom stereocenters. The second-order valence-corrected chi connectivity index (χ2v) is 6.50. The van der Waals surface area contributed by atoms with Crippen molar-refractivity contribution in [2.75, 3.05) is 6.61 Å². The molecule has 1 aromatic heterocycles. The summed E-state index contributed by atoms with van der Waals surface area (Å²) < 4.78 is 6.85. The van der Waals surface area contributed by atoms with Gasteiger partial charge < -0.3 is 10.5 Å². The normalized spacial score (nSPS) is 12.4. The van der Waals surface area contributed by atoms with Crippen LogP contribution in [0.15, 0.2) is 40.2 Å². The fourth-order valence-electron chi connectivity index (χ4n) is 1.73. The summed E-state index contributed by atoms with van der Waals surface area (Å²) in [5, 5.41) is 0. The Bertz CT molecular complexity index is 512. The summed E-state index contributed by atoms with van der Waals surface area (Å²) in [6, 6.07) is 11.9. The van der Waals surface area contributed by atoms with Crippen LogP contribution < -0.4 is 10.5 Å². The summed E-state index contributed by atoms with van der Waals surface area (Å²) in [6.07, 6.45) is 0.994. The van der Waals surface area contributed by atoms with Crippen molar-refractivity contribution in [2.24, 2.45) is 5.73 Å². The highest BCUT2D eigenvalue weighted by Crippen LogP contribution is 2.33. The van der Waals surface area contributed by atoms with E-state index in [0.29, 0.717) is 0 Å². The van der Waals surface area contributed by atoms with Crippen LogP contribution in [0.1, 0.15) is 29.8 Å². The van der Waals surface area contributed by atoms with Crippen molar-refractivity contribution in [2.45, 2.75) is 19.4 Å². The molecule has 2 rings (SSSR count). The van der Waals surface area contributed by atoms with E-state index in [0.717, 1.165) is 33.0 Å². The maximum Gasteiger partial charge on any atom is 0.124 e. The number of nitrogens with two attached hydrogens (primary N) is 1. The molecule has 0 amide bonds. The molecule has 1 heterocycles. The van der Waals surface area contributed by atoms with Crippen LogP contribution in [0.4, 0.5) is 0 Å². The minimum absolute atomic E-state index is 0.130. The van der Waals surface area contributed by atoms with E-state index in [4.69, 9.17) is 10.5 Å². The van der Waals surface area contributed by atoms with Gasteiger partial charge in [-0.25, -0.2) is 0 Å². The van der Waals surface area contributed by atoms with E-state index in [2.05, 4.69) is 28.9 Å². The van der Waals surface area contributed by atoms with Crippen molar-refractivity contribution >= 4 is 27.3 Å². The Kier molecular flexibility index (Phi) is 4.80. The van der Waals surface area contributed by atoms with Crippen molar-refractivity contribution in [1.82, 2.24) is 0 Å². The Labute approximate surface area is 120 Å². The van der Waals surface area contributed by atoms with Gasteiger partial charge in [-0.05, 0) is 40.5 Å². The molecule has 1 aromatic carbocycles. The van der Waals surface area contributed by atoms with E-state index in [9.17, 15) is 0 Å². The third kappa shape index (κ3) is 3.13. The molecule has 0 spiro atoms. The molecule has 0 aliphatic rings. The van der Waals surface area contributed by atoms with Crippen molar-refractivity contribution in [3.63, 3.8) is 0 Å². The first-order valence-electron chi connectivity index (χ1n) is 5.95. The number of thiophene rings is 1. The lowest BCUT2D eigenvalue weighted by molar-refractivity contribution is 0.313. The lowest BCUT2D eigenvalue weighted by Crippen LogP contribution is -2.12. The van der Waals surface area contributed by atoms with E-state index in [1.807, 2.05) is 30.3 Å². The third-order valence-corrected chi connectivity index (χ3v) is 4.32. The van der Waals surface area contributed by atoms with Crippen LogP contribution in [-0.2, 0) is 0 Å². The highest BCUT2D eigenvalue weighted by atomic mass is 79.9. The van der Waals surface area contributed by atoms with Gasteiger partial charge in [0.25, 0.3) is 0 Å². The largest absolute Gasteiger partial charge is 0.493 e. The van der Waals surface area contributed by atoms with Crippen LogP contribution in [0.25, 0.3) is 0 Å². The van der Waals surface area contributed by atoms with Crippen LogP contribution in [0.5, 0.6) is 5.75 Å². The zero-order chi connectivity index (χ0) is 13.0. The van der Waals surface area contributed by atoms with Crippen LogP contribution in [0.3, 0.4) is 0 Å². The number of hydrogen-bond donors (Lipinski definition) is 1. The topological polar surface area (TPSA) is 35.2 Å². The van der Waals surface area contributed by atoms with Crippen LogP contribution in [0.2, 0.25) is 0 Å². The van der Waals surface area contributed by atoms with Gasteiger partial charge in [0, 0.05) is 10.4 Å². The van der Waals surface area contributed by atoms with E-state index >= 15 is 0 Å². The first kappa shape index (κ1) is 13.6. The monoisotopic (exact) mass is 325 g/mol. The van der Waals surface area contributed by atoms with Crippen LogP contribution >= 0.6 is 27.3 Å². The maximum absolute atomic E-state index is 6.31. The average Bonchev–Trinajstić information content (AvgIpc) is 2.82. The van der Waals surface area contributed by atoms with Crippen molar-refractivity contribution < 1.29 is 4.74 Å². The molecule has 1 unspecified atom stereocenters. The molecule has 0 fully saturated rings. The summed E-state index contributed by atoms with van der Waals surface area (Å²) in [7, 11) is 0. The molecular weight excluding hydrogens is 310 g/mol. The first-order chi connectivity index (χ1) is 8.72. The average molecular weight is 326 g/mol. The molecular formula is C14H16BrNOS. The van der Waals surface area contributed by atoms with Gasteiger partial charge in [0.1, 0.15) is 5.75 Å². The quantitative estimate of drug-likeness (QED) is 0.887. The molecule has 0 saturated carbocycles. The summed E-state index contributed by atoms with van der Waals surface area (Å²) >= 11 is 5.12. The Balaban J connectivity index is 2.26. The highest BCUT2D eigenvalue weighted by Gasteiger charge is 2.15. The molecule has 0 bridgehead atoms. The Morgan fingerprint density at radius 3 is 2.72 bits per heavy atom. The minimum atomic E-state index is -0.130. The van der Waals surface area contributed by atoms with E-state index in [-0.39, 0.29) is 6.04 Å². The molecule has 0 aliphatic carbocycles. The molecule has 2 nitrogen and oxygen atoms in total. The van der Waals surface area contributed by atoms with Crippen molar-refractivity contribution in [3.05, 3.63) is 50.6 Å². The lowest BCUT2D eigenvalue weighted by Gasteiger charge is -2.15. The highest BCUT2D eigenvalue weighted by molar-refractivity contribution is 9.11. The number of hydrogen-bond acceptors (Lipinski definition) is 3. The summed E-state index contributed by atoms with van der Waals surface area (Å²) in [5.74, 6) is 0.886. The molecule has 2 aromatic rings. The number of para-hydroxylation sites is 1. The summed E-state index contributed by atoms with van der Waals surface area (Å²) in [4.78, 5) is 1.13. The predicted octanol–water partition coefficient (Wildman–Crippen LogP) is 4.35. The Morgan fingerprint density at radius 1 is 1.28 bits per heavy atom. The van der Waals surface area contributed by atoms with E-state index in [1.165, 1.54) is 0 Å². The third-order valence-electron chi connectivity index (χ3n) is 2.62. The molecule has 0 aliphatic heterocycles. The van der Waals surface area contributed by atoms with Gasteiger partial charge in [0.15, 0.2) is 0 Å². The first-order valence-corrected chi connectivity index (χ1v) is 7.56. The van der Waals surface area contributed by atoms with E-state index < -0.39 is 0 Å². The fourth-order valence-corrected chi connectivity index (χ4v) is 3.17. The smallest absolute Gasteiger partial charge is 0.124 e. The van der Waals surface area contributed by atoms with Gasteiger partial charge in [-0.15, -0.1) is 11.3 Å². The molecule has 4 heteroatoms. The van der Waals surface area contributed by atoms with Gasteiger partial charge in [-0.2, -0.15) is 0 Å². The van der Waals surface area contributed by atoms with Gasteiger partial charge >= 0.3 is 0 Å². The second-order valence-electron chi connectivity index (χ2n) is 4.01. The molecule has 18 heavy (non-hydrogen) atoms. The van der Waals surface area contributed by atoms with Crippen LogP contribution in [0, 0.1) is 0 Å². The molecule has 0 radical (unpaired) electrons. The Hall–Kier alpha value is -0.840. The van der Waals surface area contributed by atoms with Crippen molar-refractivity contribution in [1.29, 1.82) is 0 Å². The lowest BCUT2D eigenvalue weighted by atomic mass is 10.1. The van der Waals surface area contributed by atoms with Gasteiger partial charge in [0.05, 0.1) is 16.4 Å². The standard InChI is InChI=1S/C14H16BrNOS/c1-2-9-17-11-6-4-3-5-10(11)14(16)12-7-8-13(15)18-12/h3-8,14H,2,9,16H2,1H3. The Morgan fingerprint density at radius 2 is 2.06 bits per heavy atom. The number of rotatable bonds is 5. The number of benzene rings is 1. The molecule has 2 N–H and O–H groups in total. The maximum atomic E-state index is 6.31. The SMILES string of the molecule is CCCOc1ccccc1C(N)c1ccc(Br)s1. The fraction of sp³-hybridized carbons (Fsp3) is 0.286.